The molecular weight excluding hydrogens is 435 g/mol. The topological polar surface area (TPSA) is 8.81 Å². The standard InChI is InChI=1S/C10H17N2.2BrH.2ClH.Fe/c1-3-5-6-7-12-9-8-11(4-2)10-12;;;;;/h4,8-10H,2-3,5-7H2,1H3;4*1H;/q+1;;;;;+3/p-4. The summed E-state index contributed by atoms with van der Waals surface area (Å²) in [6.45, 7) is 7.03. The number of aromatic nitrogens is 2. The summed E-state index contributed by atoms with van der Waals surface area (Å²) in [7, 11) is 9.53. The molecule has 2 nitrogen and oxygen atoms in total. The Bertz CT molecular complexity index is 273. The molecule has 1 aromatic heterocycles. The zero-order valence-electron chi connectivity index (χ0n) is 9.60. The maximum absolute atomic E-state index is 4.76. The number of imidazole rings is 1. The van der Waals surface area contributed by atoms with Gasteiger partial charge in [0.1, 0.15) is 12.4 Å². The molecule has 0 saturated carbocycles. The molecule has 0 spiro atoms. The minimum atomic E-state index is 0. The second-order valence-corrected chi connectivity index (χ2v) is 4.86. The fourth-order valence-corrected chi connectivity index (χ4v) is 1.20. The van der Waals surface area contributed by atoms with Gasteiger partial charge in [-0.1, -0.05) is 19.9 Å². The van der Waals surface area contributed by atoms with Gasteiger partial charge in [-0.25, -0.2) is 9.13 Å². The Balaban J connectivity index is -0.000000356. The molecule has 1 aromatic rings. The van der Waals surface area contributed by atoms with E-state index < -0.39 is 0 Å². The molecular formula is C10H17Br2Cl2FeN2. The van der Waals surface area contributed by atoms with Crippen molar-refractivity contribution < 1.29 is 51.7 Å². The molecule has 17 heavy (non-hydrogen) atoms. The predicted octanol–water partition coefficient (Wildman–Crippen LogP) is -2.55. The van der Waals surface area contributed by atoms with Crippen molar-refractivity contribution in [2.45, 2.75) is 32.7 Å². The van der Waals surface area contributed by atoms with Gasteiger partial charge in [-0.2, -0.15) is 0 Å². The number of rotatable bonds is 5. The van der Waals surface area contributed by atoms with Crippen molar-refractivity contribution >= 4 is 26.4 Å². The van der Waals surface area contributed by atoms with Gasteiger partial charge >= 0.3 is 33.3 Å². The van der Waals surface area contributed by atoms with Gasteiger partial charge < -0.3 is 34.0 Å². The molecule has 0 unspecified atom stereocenters. The third-order valence-corrected chi connectivity index (χ3v) is 1.94. The molecule has 7 heteroatoms. The molecule has 0 aromatic carbocycles. The molecule has 0 radical (unpaired) electrons. The van der Waals surface area contributed by atoms with Crippen molar-refractivity contribution in [2.75, 3.05) is 0 Å². The summed E-state index contributed by atoms with van der Waals surface area (Å²) in [5.74, 6) is 0. The van der Waals surface area contributed by atoms with E-state index in [9.17, 15) is 0 Å². The minimum absolute atomic E-state index is 0. The Morgan fingerprint density at radius 2 is 1.94 bits per heavy atom. The molecule has 0 fully saturated rings. The Kier molecular flexibility index (Phi) is 23.1. The number of hydrogen-bond donors (Lipinski definition) is 0. The Morgan fingerprint density at radius 1 is 1.35 bits per heavy atom. The first-order chi connectivity index (χ1) is 7.28. The van der Waals surface area contributed by atoms with Crippen molar-refractivity contribution in [3.63, 3.8) is 0 Å². The quantitative estimate of drug-likeness (QED) is 0.265. The second-order valence-electron chi connectivity index (χ2n) is 3.04. The summed E-state index contributed by atoms with van der Waals surface area (Å²) in [6.07, 6.45) is 11.8. The third kappa shape index (κ3) is 13.2. The Morgan fingerprint density at radius 3 is 2.35 bits per heavy atom. The van der Waals surface area contributed by atoms with Gasteiger partial charge in [-0.15, -0.1) is 0 Å². The summed E-state index contributed by atoms with van der Waals surface area (Å²) < 4.78 is 4.16. The van der Waals surface area contributed by atoms with Gasteiger partial charge in [-0.3, -0.25) is 0 Å². The molecule has 0 aliphatic rings. The average molecular weight is 452 g/mol. The van der Waals surface area contributed by atoms with E-state index in [0.717, 1.165) is 6.54 Å². The Hall–Kier alpha value is 1.01. The zero-order valence-corrected chi connectivity index (χ0v) is 15.4. The number of unbranched alkanes of at least 4 members (excludes halogenated alkanes) is 2. The van der Waals surface area contributed by atoms with Crippen LogP contribution in [-0.2, 0) is 19.7 Å². The fraction of sp³-hybridized carbons (Fsp3) is 0.500. The van der Waals surface area contributed by atoms with Crippen LogP contribution in [0.1, 0.15) is 26.2 Å². The fourth-order valence-electron chi connectivity index (χ4n) is 1.20. The van der Waals surface area contributed by atoms with E-state index in [2.05, 4.69) is 30.6 Å². The maximum atomic E-state index is 4.76. The third-order valence-electron chi connectivity index (χ3n) is 1.94. The zero-order chi connectivity index (χ0) is 11.5. The van der Waals surface area contributed by atoms with Crippen molar-refractivity contribution in [1.82, 2.24) is 4.57 Å². The van der Waals surface area contributed by atoms with E-state index in [4.69, 9.17) is 20.2 Å². The van der Waals surface area contributed by atoms with Crippen molar-refractivity contribution in [3.8, 4) is 0 Å². The monoisotopic (exact) mass is 449 g/mol. The molecule has 1 rings (SSSR count). The first-order valence-electron chi connectivity index (χ1n) is 4.82. The molecule has 0 N–H and O–H groups in total. The molecule has 0 amide bonds. The van der Waals surface area contributed by atoms with Crippen molar-refractivity contribution in [1.29, 1.82) is 0 Å². The first kappa shape index (κ1) is 23.1. The van der Waals surface area contributed by atoms with Gasteiger partial charge in [0.05, 0.1) is 12.7 Å². The van der Waals surface area contributed by atoms with E-state index >= 15 is 0 Å². The molecule has 0 aliphatic carbocycles. The van der Waals surface area contributed by atoms with Crippen LogP contribution in [0.3, 0.4) is 0 Å². The molecule has 0 atom stereocenters. The van der Waals surface area contributed by atoms with Gasteiger partial charge in [0.2, 0.25) is 6.33 Å². The summed E-state index contributed by atoms with van der Waals surface area (Å²) in [6, 6.07) is 0. The van der Waals surface area contributed by atoms with E-state index in [-0.39, 0.29) is 47.1 Å². The number of nitrogens with zero attached hydrogens (tertiary/aromatic N) is 2. The van der Waals surface area contributed by atoms with E-state index in [1.807, 2.05) is 10.8 Å². The summed E-state index contributed by atoms with van der Waals surface area (Å²) >= 11 is 0.194. The van der Waals surface area contributed by atoms with Crippen molar-refractivity contribution in [3.05, 3.63) is 25.3 Å². The molecule has 1 heterocycles. The molecule has 0 saturated heterocycles. The number of aryl methyl sites for hydroxylation is 1. The second kappa shape index (κ2) is 17.0. The van der Waals surface area contributed by atoms with E-state index in [1.165, 1.54) is 19.3 Å². The molecule has 0 bridgehead atoms. The predicted molar refractivity (Wildman–Crippen MR) is 62.2 cm³/mol. The van der Waals surface area contributed by atoms with Crippen LogP contribution in [0.4, 0.5) is 0 Å². The van der Waals surface area contributed by atoms with Crippen molar-refractivity contribution in [2.24, 2.45) is 0 Å². The SMILES string of the molecule is C=Cn1cc[n+](CCCCC)c1.[Br-].[Br-].[Cl][Fe+][Cl]. The van der Waals surface area contributed by atoms with Crippen LogP contribution in [0.2, 0.25) is 0 Å². The van der Waals surface area contributed by atoms with Crippen LogP contribution >= 0.6 is 20.2 Å². The summed E-state index contributed by atoms with van der Waals surface area (Å²) in [4.78, 5) is 0. The van der Waals surface area contributed by atoms with Gasteiger partial charge in [-0.05, 0) is 12.8 Å². The van der Waals surface area contributed by atoms with Crippen LogP contribution in [0.15, 0.2) is 25.3 Å². The van der Waals surface area contributed by atoms with Crippen LogP contribution in [0.25, 0.3) is 6.20 Å². The average Bonchev–Trinajstić information content (AvgIpc) is 2.67. The van der Waals surface area contributed by atoms with E-state index in [1.54, 1.807) is 6.20 Å². The van der Waals surface area contributed by atoms with Crippen LogP contribution in [0.5, 0.6) is 0 Å². The summed E-state index contributed by atoms with van der Waals surface area (Å²) in [5.41, 5.74) is 0. The van der Waals surface area contributed by atoms with E-state index in [0.29, 0.717) is 0 Å². The summed E-state index contributed by atoms with van der Waals surface area (Å²) in [5, 5.41) is 0. The Labute approximate surface area is 140 Å². The number of halogens is 4. The molecule has 0 aliphatic heterocycles. The number of hydrogen-bond acceptors (Lipinski definition) is 0. The van der Waals surface area contributed by atoms with Gasteiger partial charge in [0.15, 0.2) is 0 Å². The van der Waals surface area contributed by atoms with Crippen LogP contribution in [-0.4, -0.2) is 4.57 Å². The molecule has 103 valence electrons. The van der Waals surface area contributed by atoms with Crippen LogP contribution < -0.4 is 38.5 Å². The first-order valence-corrected chi connectivity index (χ1v) is 7.86. The van der Waals surface area contributed by atoms with Crippen LogP contribution in [0, 0.1) is 0 Å². The van der Waals surface area contributed by atoms with Gasteiger partial charge in [0, 0.05) is 0 Å². The normalized spacial score (nSPS) is 8.18. The van der Waals surface area contributed by atoms with Gasteiger partial charge in [0.25, 0.3) is 0 Å².